The number of carbonyl (C=O) groups is 1. The topological polar surface area (TPSA) is 138 Å². The van der Waals surface area contributed by atoms with E-state index in [1.807, 2.05) is 26.8 Å². The van der Waals surface area contributed by atoms with Gasteiger partial charge < -0.3 is 29.2 Å². The van der Waals surface area contributed by atoms with Crippen molar-refractivity contribution in [2.45, 2.75) is 133 Å². The molecular weight excluding hydrogens is 672 g/mol. The average molecular weight is 727 g/mol. The molecule has 2 bridgehead atoms. The van der Waals surface area contributed by atoms with Gasteiger partial charge in [0, 0.05) is 24.7 Å². The zero-order chi connectivity index (χ0) is 36.8. The van der Waals surface area contributed by atoms with Crippen LogP contribution in [0.3, 0.4) is 0 Å². The van der Waals surface area contributed by atoms with Crippen molar-refractivity contribution in [1.29, 1.82) is 0 Å². The maximum atomic E-state index is 14.2. The van der Waals surface area contributed by atoms with Crippen molar-refractivity contribution in [2.24, 2.45) is 17.3 Å². The number of esters is 1. The van der Waals surface area contributed by atoms with Crippen molar-refractivity contribution in [3.8, 4) is 0 Å². The first kappa shape index (κ1) is 38.1. The SMILES string of the molecule is CC[C@H]1O[C@]2(CC[C@@]1(C)COS(=O)(=O)c1ccc(C)cc1)C[C@@H]1C[C@@H](C/C=C(\C)C[C@@H](C)/C=C/C=C3\CO[C@@H]4[C@H](O)C(C)=C[C@@H](C(=O)O1)[C@]34O)O2. The van der Waals surface area contributed by atoms with Crippen LogP contribution in [0.25, 0.3) is 0 Å². The summed E-state index contributed by atoms with van der Waals surface area (Å²) in [5.74, 6) is -2.52. The van der Waals surface area contributed by atoms with E-state index in [0.29, 0.717) is 43.3 Å². The van der Waals surface area contributed by atoms with Gasteiger partial charge >= 0.3 is 5.97 Å². The molecule has 6 rings (SSSR count). The zero-order valence-electron chi connectivity index (χ0n) is 30.7. The number of hydrogen-bond donors (Lipinski definition) is 2. The molecule has 4 aliphatic heterocycles. The number of aliphatic hydroxyl groups excluding tert-OH is 1. The predicted octanol–water partition coefficient (Wildman–Crippen LogP) is 6.01. The molecule has 3 fully saturated rings. The molecule has 10 atom stereocenters. The van der Waals surface area contributed by atoms with Gasteiger partial charge in [0.15, 0.2) is 5.79 Å². The summed E-state index contributed by atoms with van der Waals surface area (Å²) in [5, 5.41) is 23.2. The van der Waals surface area contributed by atoms with E-state index in [0.717, 1.165) is 12.0 Å². The first-order valence-corrected chi connectivity index (χ1v) is 19.7. The Morgan fingerprint density at radius 3 is 2.53 bits per heavy atom. The van der Waals surface area contributed by atoms with Crippen LogP contribution in [0.1, 0.15) is 85.1 Å². The lowest BCUT2D eigenvalue weighted by Gasteiger charge is -2.53. The molecule has 0 radical (unpaired) electrons. The van der Waals surface area contributed by atoms with Crippen molar-refractivity contribution in [1.82, 2.24) is 0 Å². The van der Waals surface area contributed by atoms with E-state index in [1.165, 1.54) is 5.57 Å². The molecule has 1 aromatic rings. The summed E-state index contributed by atoms with van der Waals surface area (Å²) in [7, 11) is -3.97. The standard InChI is InChI=1S/C40H54O10S/c1-7-34-38(6,24-47-51(44,45)32-15-12-25(2)13-16-32)17-18-39(50-34)22-31-21-30(49-39)14-11-27(4)19-26(3)9-8-10-29-23-46-36-35(41)28(5)20-33(37(42)48-31)40(29,36)43/h8-13,15-16,20,26,30-31,33-36,41,43H,7,14,17-19,21-24H2,1-6H3/b9-8+,27-11+,29-10+/t26-,30+,31-,33-,34+,35+,36+,38-,39+,40+/m0/s1. The zero-order valence-corrected chi connectivity index (χ0v) is 31.5. The number of aliphatic hydroxyl groups is 2. The van der Waals surface area contributed by atoms with Crippen molar-refractivity contribution in [2.75, 3.05) is 13.2 Å². The lowest BCUT2D eigenvalue weighted by molar-refractivity contribution is -0.348. The van der Waals surface area contributed by atoms with Crippen LogP contribution in [0, 0.1) is 24.2 Å². The maximum absolute atomic E-state index is 14.2. The monoisotopic (exact) mass is 726 g/mol. The predicted molar refractivity (Wildman–Crippen MR) is 191 cm³/mol. The fourth-order valence-electron chi connectivity index (χ4n) is 8.48. The molecule has 5 aliphatic rings. The summed E-state index contributed by atoms with van der Waals surface area (Å²) in [6.07, 6.45) is 9.99. The average Bonchev–Trinajstić information content (AvgIpc) is 3.42. The Balaban J connectivity index is 1.27. The minimum Gasteiger partial charge on any atom is -0.462 e. The van der Waals surface area contributed by atoms with Gasteiger partial charge in [-0.2, -0.15) is 8.42 Å². The summed E-state index contributed by atoms with van der Waals surface area (Å²) >= 11 is 0. The second-order valence-corrected chi connectivity index (χ2v) is 17.4. The van der Waals surface area contributed by atoms with Gasteiger partial charge in [-0.15, -0.1) is 0 Å². The molecule has 0 saturated carbocycles. The number of ether oxygens (including phenoxy) is 4. The second-order valence-electron chi connectivity index (χ2n) is 15.8. The van der Waals surface area contributed by atoms with Gasteiger partial charge in [0.2, 0.25) is 0 Å². The molecule has 2 N–H and O–H groups in total. The Hall–Kier alpha value is -2.64. The fraction of sp³-hybridized carbons (Fsp3) is 0.625. The lowest BCUT2D eigenvalue weighted by atomic mass is 9.71. The number of hydrogen-bond acceptors (Lipinski definition) is 10. The maximum Gasteiger partial charge on any atom is 0.316 e. The molecule has 1 aromatic carbocycles. The molecule has 3 saturated heterocycles. The molecule has 4 heterocycles. The van der Waals surface area contributed by atoms with Gasteiger partial charge in [-0.25, -0.2) is 0 Å². The van der Waals surface area contributed by atoms with E-state index in [4.69, 9.17) is 23.1 Å². The van der Waals surface area contributed by atoms with Crippen molar-refractivity contribution in [3.05, 3.63) is 76.9 Å². The number of fused-ring (bicyclic) bond motifs is 2. The van der Waals surface area contributed by atoms with Crippen LogP contribution >= 0.6 is 0 Å². The number of aryl methyl sites for hydroxylation is 1. The molecule has 0 aromatic heterocycles. The number of rotatable bonds is 5. The molecule has 0 unspecified atom stereocenters. The lowest BCUT2D eigenvalue weighted by Crippen LogP contribution is -2.59. The summed E-state index contributed by atoms with van der Waals surface area (Å²) < 4.78 is 57.8. The van der Waals surface area contributed by atoms with E-state index < -0.39 is 63.2 Å². The number of allylic oxidation sites excluding steroid dienone is 4. The molecule has 1 spiro atoms. The second kappa shape index (κ2) is 14.6. The van der Waals surface area contributed by atoms with Crippen LogP contribution in [0.4, 0.5) is 0 Å². The Labute approximate surface area is 302 Å². The Kier molecular flexibility index (Phi) is 10.9. The molecule has 11 heteroatoms. The van der Waals surface area contributed by atoms with E-state index in [2.05, 4.69) is 26.0 Å². The highest BCUT2D eigenvalue weighted by Gasteiger charge is 2.60. The molecular formula is C40H54O10S. The Morgan fingerprint density at radius 2 is 1.80 bits per heavy atom. The highest BCUT2D eigenvalue weighted by atomic mass is 32.2. The molecule has 10 nitrogen and oxygen atoms in total. The van der Waals surface area contributed by atoms with Gasteiger partial charge in [-0.1, -0.05) is 74.4 Å². The van der Waals surface area contributed by atoms with Gasteiger partial charge in [0.05, 0.1) is 30.3 Å². The van der Waals surface area contributed by atoms with Crippen LogP contribution in [0.5, 0.6) is 0 Å². The summed E-state index contributed by atoms with van der Waals surface area (Å²) in [4.78, 5) is 14.3. The van der Waals surface area contributed by atoms with E-state index >= 15 is 0 Å². The van der Waals surface area contributed by atoms with E-state index in [-0.39, 0.29) is 36.6 Å². The highest BCUT2D eigenvalue weighted by Crippen LogP contribution is 2.50. The summed E-state index contributed by atoms with van der Waals surface area (Å²) in [6, 6.07) is 6.59. The highest BCUT2D eigenvalue weighted by molar-refractivity contribution is 7.86. The van der Waals surface area contributed by atoms with Crippen LogP contribution in [0.2, 0.25) is 0 Å². The van der Waals surface area contributed by atoms with Crippen LogP contribution < -0.4 is 0 Å². The summed E-state index contributed by atoms with van der Waals surface area (Å²) in [5.41, 5.74) is 0.835. The van der Waals surface area contributed by atoms with Gasteiger partial charge in [-0.3, -0.25) is 8.98 Å². The largest absolute Gasteiger partial charge is 0.462 e. The van der Waals surface area contributed by atoms with Crippen LogP contribution in [0.15, 0.2) is 76.3 Å². The van der Waals surface area contributed by atoms with Crippen LogP contribution in [-0.4, -0.2) is 79.7 Å². The summed E-state index contributed by atoms with van der Waals surface area (Å²) in [6.45, 7) is 11.9. The molecule has 0 amide bonds. The molecule has 51 heavy (non-hydrogen) atoms. The molecule has 1 aliphatic carbocycles. The third kappa shape index (κ3) is 7.72. The first-order valence-electron chi connectivity index (χ1n) is 18.3. The third-order valence-electron chi connectivity index (χ3n) is 11.6. The van der Waals surface area contributed by atoms with Gasteiger partial charge in [-0.05, 0) is 75.7 Å². The first-order chi connectivity index (χ1) is 24.1. The third-order valence-corrected chi connectivity index (χ3v) is 12.8. The van der Waals surface area contributed by atoms with Gasteiger partial charge in [0.1, 0.15) is 29.8 Å². The van der Waals surface area contributed by atoms with E-state index in [9.17, 15) is 23.4 Å². The fourth-order valence-corrected chi connectivity index (χ4v) is 9.51. The van der Waals surface area contributed by atoms with Crippen molar-refractivity contribution >= 4 is 16.1 Å². The molecule has 280 valence electrons. The minimum absolute atomic E-state index is 0.0505. The quantitative estimate of drug-likeness (QED) is 0.211. The van der Waals surface area contributed by atoms with Gasteiger partial charge in [0.25, 0.3) is 10.1 Å². The van der Waals surface area contributed by atoms with Crippen molar-refractivity contribution < 1.29 is 46.6 Å². The minimum atomic E-state index is -3.97. The Morgan fingerprint density at radius 1 is 1.06 bits per heavy atom. The Bertz CT molecular complexity index is 1700. The van der Waals surface area contributed by atoms with Crippen LogP contribution in [-0.2, 0) is 38.0 Å². The van der Waals surface area contributed by atoms with E-state index in [1.54, 1.807) is 43.3 Å². The smallest absolute Gasteiger partial charge is 0.316 e. The normalized spacial score (nSPS) is 41.8. The number of benzene rings is 1. The number of carbonyl (C=O) groups excluding carboxylic acids is 1. The van der Waals surface area contributed by atoms with Crippen molar-refractivity contribution in [3.63, 3.8) is 0 Å².